The molecular formula is C23H38N4O. The zero-order chi connectivity index (χ0) is 19.9. The van der Waals surface area contributed by atoms with Gasteiger partial charge in [0.1, 0.15) is 0 Å². The van der Waals surface area contributed by atoms with Crippen molar-refractivity contribution in [2.75, 3.05) is 44.2 Å². The molecule has 0 spiro atoms. The normalized spacial score (nSPS) is 24.5. The van der Waals surface area contributed by atoms with Gasteiger partial charge in [-0.05, 0) is 61.6 Å². The summed E-state index contributed by atoms with van der Waals surface area (Å²) in [4.78, 5) is 9.79. The standard InChI is InChI=1S/C23H38N4O/c1-4-24-23(27-15-18(2)13-19(3)16-27)25-14-20-5-7-22(8-6-20)26-11-9-21(17-28)10-12-26/h5-8,18-19,21,28H,4,9-17H2,1-3H3,(H,24,25). The minimum absolute atomic E-state index is 0.327. The molecule has 2 saturated heterocycles. The van der Waals surface area contributed by atoms with E-state index in [1.54, 1.807) is 0 Å². The van der Waals surface area contributed by atoms with Crippen LogP contribution >= 0.6 is 0 Å². The van der Waals surface area contributed by atoms with Crippen LogP contribution in [0.3, 0.4) is 0 Å². The molecule has 2 aliphatic rings. The summed E-state index contributed by atoms with van der Waals surface area (Å²) in [6.07, 6.45) is 3.48. The highest BCUT2D eigenvalue weighted by Crippen LogP contribution is 2.24. The molecule has 2 N–H and O–H groups in total. The number of likely N-dealkylation sites (tertiary alicyclic amines) is 1. The predicted octanol–water partition coefficient (Wildman–Crippen LogP) is 3.34. The molecule has 2 aliphatic heterocycles. The first kappa shape index (κ1) is 21.0. The third-order valence-corrected chi connectivity index (χ3v) is 6.09. The van der Waals surface area contributed by atoms with Gasteiger partial charge in [0, 0.05) is 45.0 Å². The second-order valence-electron chi connectivity index (χ2n) is 8.80. The van der Waals surface area contributed by atoms with Crippen molar-refractivity contribution in [1.82, 2.24) is 10.2 Å². The number of aliphatic hydroxyl groups excluding tert-OH is 1. The number of anilines is 1. The molecule has 1 aromatic carbocycles. The van der Waals surface area contributed by atoms with Crippen molar-refractivity contribution in [3.05, 3.63) is 29.8 Å². The molecule has 2 unspecified atom stereocenters. The quantitative estimate of drug-likeness (QED) is 0.602. The summed E-state index contributed by atoms with van der Waals surface area (Å²) in [5, 5.41) is 12.8. The fourth-order valence-corrected chi connectivity index (χ4v) is 4.61. The number of piperidine rings is 2. The average Bonchev–Trinajstić information content (AvgIpc) is 2.71. The molecule has 28 heavy (non-hydrogen) atoms. The van der Waals surface area contributed by atoms with Gasteiger partial charge in [0.25, 0.3) is 0 Å². The molecule has 0 bridgehead atoms. The van der Waals surface area contributed by atoms with Gasteiger partial charge >= 0.3 is 0 Å². The molecule has 0 radical (unpaired) electrons. The van der Waals surface area contributed by atoms with Gasteiger partial charge in [-0.2, -0.15) is 0 Å². The van der Waals surface area contributed by atoms with Gasteiger partial charge in [0.15, 0.2) is 5.96 Å². The van der Waals surface area contributed by atoms with Crippen LogP contribution in [0.1, 0.15) is 45.6 Å². The lowest BCUT2D eigenvalue weighted by Crippen LogP contribution is -2.48. The van der Waals surface area contributed by atoms with Gasteiger partial charge < -0.3 is 20.2 Å². The summed E-state index contributed by atoms with van der Waals surface area (Å²) < 4.78 is 0. The van der Waals surface area contributed by atoms with E-state index in [0.717, 1.165) is 63.4 Å². The first-order valence-electron chi connectivity index (χ1n) is 11.1. The van der Waals surface area contributed by atoms with Crippen LogP contribution in [0.5, 0.6) is 0 Å². The van der Waals surface area contributed by atoms with E-state index < -0.39 is 0 Å². The molecule has 1 aromatic rings. The lowest BCUT2D eigenvalue weighted by atomic mass is 9.92. The van der Waals surface area contributed by atoms with Gasteiger partial charge in [-0.25, -0.2) is 4.99 Å². The van der Waals surface area contributed by atoms with Crippen LogP contribution < -0.4 is 10.2 Å². The van der Waals surface area contributed by atoms with Crippen molar-refractivity contribution in [1.29, 1.82) is 0 Å². The monoisotopic (exact) mass is 386 g/mol. The Morgan fingerprint density at radius 3 is 2.32 bits per heavy atom. The first-order chi connectivity index (χ1) is 13.6. The van der Waals surface area contributed by atoms with E-state index in [4.69, 9.17) is 4.99 Å². The number of aliphatic hydroxyl groups is 1. The number of benzene rings is 1. The molecule has 2 fully saturated rings. The zero-order valence-corrected chi connectivity index (χ0v) is 17.9. The van der Waals surface area contributed by atoms with Gasteiger partial charge in [-0.15, -0.1) is 0 Å². The van der Waals surface area contributed by atoms with Crippen molar-refractivity contribution < 1.29 is 5.11 Å². The van der Waals surface area contributed by atoms with Crippen LogP contribution in [0, 0.1) is 17.8 Å². The molecule has 0 saturated carbocycles. The Kier molecular flexibility index (Phi) is 7.60. The maximum absolute atomic E-state index is 9.31. The highest BCUT2D eigenvalue weighted by Gasteiger charge is 2.24. The SMILES string of the molecule is CCNC(=NCc1ccc(N2CCC(CO)CC2)cc1)N1CC(C)CC(C)C1. The Labute approximate surface area is 170 Å². The maximum Gasteiger partial charge on any atom is 0.194 e. The largest absolute Gasteiger partial charge is 0.396 e. The topological polar surface area (TPSA) is 51.1 Å². The Hall–Kier alpha value is -1.75. The Morgan fingerprint density at radius 1 is 1.11 bits per heavy atom. The fourth-order valence-electron chi connectivity index (χ4n) is 4.61. The van der Waals surface area contributed by atoms with E-state index in [9.17, 15) is 5.11 Å². The van der Waals surface area contributed by atoms with E-state index in [0.29, 0.717) is 19.1 Å². The molecule has 0 amide bonds. The highest BCUT2D eigenvalue weighted by molar-refractivity contribution is 5.80. The van der Waals surface area contributed by atoms with Gasteiger partial charge in [-0.1, -0.05) is 26.0 Å². The van der Waals surface area contributed by atoms with Gasteiger partial charge in [0.2, 0.25) is 0 Å². The zero-order valence-electron chi connectivity index (χ0n) is 17.9. The van der Waals surface area contributed by atoms with Crippen LogP contribution in [0.2, 0.25) is 0 Å². The Balaban J connectivity index is 1.60. The van der Waals surface area contributed by atoms with E-state index in [2.05, 4.69) is 60.2 Å². The fraction of sp³-hybridized carbons (Fsp3) is 0.696. The van der Waals surface area contributed by atoms with Crippen LogP contribution in [-0.4, -0.2) is 55.3 Å². The minimum atomic E-state index is 0.327. The first-order valence-corrected chi connectivity index (χ1v) is 11.1. The molecule has 0 aromatic heterocycles. The number of nitrogens with zero attached hydrogens (tertiary/aromatic N) is 3. The molecular weight excluding hydrogens is 348 g/mol. The van der Waals surface area contributed by atoms with Crippen LogP contribution in [0.15, 0.2) is 29.3 Å². The lowest BCUT2D eigenvalue weighted by Gasteiger charge is -2.37. The summed E-state index contributed by atoms with van der Waals surface area (Å²) >= 11 is 0. The Morgan fingerprint density at radius 2 is 1.75 bits per heavy atom. The highest BCUT2D eigenvalue weighted by atomic mass is 16.3. The van der Waals surface area contributed by atoms with E-state index in [-0.39, 0.29) is 0 Å². The third-order valence-electron chi connectivity index (χ3n) is 6.09. The van der Waals surface area contributed by atoms with Crippen LogP contribution in [0.4, 0.5) is 5.69 Å². The molecule has 5 heteroatoms. The average molecular weight is 387 g/mol. The van der Waals surface area contributed by atoms with Gasteiger partial charge in [0.05, 0.1) is 6.54 Å². The maximum atomic E-state index is 9.31. The van der Waals surface area contributed by atoms with Crippen molar-refractivity contribution in [2.24, 2.45) is 22.7 Å². The number of aliphatic imine (C=N–C) groups is 1. The van der Waals surface area contributed by atoms with Crippen LogP contribution in [-0.2, 0) is 6.54 Å². The molecule has 3 rings (SSSR count). The number of hydrogen-bond donors (Lipinski definition) is 2. The molecule has 5 nitrogen and oxygen atoms in total. The summed E-state index contributed by atoms with van der Waals surface area (Å²) in [5.74, 6) is 2.98. The number of nitrogens with one attached hydrogen (secondary N) is 1. The van der Waals surface area contributed by atoms with Crippen molar-refractivity contribution in [3.8, 4) is 0 Å². The summed E-state index contributed by atoms with van der Waals surface area (Å²) in [7, 11) is 0. The number of rotatable bonds is 5. The summed E-state index contributed by atoms with van der Waals surface area (Å²) in [6, 6.07) is 8.87. The summed E-state index contributed by atoms with van der Waals surface area (Å²) in [5.41, 5.74) is 2.54. The van der Waals surface area contributed by atoms with Gasteiger partial charge in [-0.3, -0.25) is 0 Å². The van der Waals surface area contributed by atoms with Crippen molar-refractivity contribution in [2.45, 2.75) is 46.6 Å². The van der Waals surface area contributed by atoms with E-state index >= 15 is 0 Å². The number of hydrogen-bond acceptors (Lipinski definition) is 3. The lowest BCUT2D eigenvalue weighted by molar-refractivity contribution is 0.203. The minimum Gasteiger partial charge on any atom is -0.396 e. The van der Waals surface area contributed by atoms with Crippen molar-refractivity contribution in [3.63, 3.8) is 0 Å². The van der Waals surface area contributed by atoms with E-state index in [1.165, 1.54) is 17.7 Å². The molecule has 0 aliphatic carbocycles. The Bertz CT molecular complexity index is 612. The second kappa shape index (κ2) is 10.1. The molecule has 2 atom stereocenters. The second-order valence-corrected chi connectivity index (χ2v) is 8.80. The number of guanidine groups is 1. The smallest absolute Gasteiger partial charge is 0.194 e. The molecule has 156 valence electrons. The summed E-state index contributed by atoms with van der Waals surface area (Å²) in [6.45, 7) is 13.0. The molecule has 2 heterocycles. The van der Waals surface area contributed by atoms with Crippen LogP contribution in [0.25, 0.3) is 0 Å². The predicted molar refractivity (Wildman–Crippen MR) is 118 cm³/mol. The van der Waals surface area contributed by atoms with E-state index in [1.807, 2.05) is 0 Å². The third kappa shape index (κ3) is 5.63. The van der Waals surface area contributed by atoms with Crippen molar-refractivity contribution >= 4 is 11.6 Å².